The Kier molecular flexibility index (Phi) is 2.89. The smallest absolute Gasteiger partial charge is 0.327 e. The monoisotopic (exact) mass is 240 g/mol. The van der Waals surface area contributed by atoms with Crippen molar-refractivity contribution in [3.63, 3.8) is 0 Å². The average Bonchev–Trinajstić information content (AvgIpc) is 2.67. The Morgan fingerprint density at radius 2 is 2.00 bits per heavy atom. The molecule has 0 aliphatic carbocycles. The lowest BCUT2D eigenvalue weighted by Gasteiger charge is -2.31. The van der Waals surface area contributed by atoms with Crippen LogP contribution in [0.5, 0.6) is 0 Å². The molecule has 2 saturated heterocycles. The molecule has 2 heterocycles. The first-order chi connectivity index (χ1) is 7.84. The second-order valence-electron chi connectivity index (χ2n) is 5.79. The topological polar surface area (TPSA) is 49.9 Å². The predicted molar refractivity (Wildman–Crippen MR) is 62.5 cm³/mol. The first kappa shape index (κ1) is 12.4. The summed E-state index contributed by atoms with van der Waals surface area (Å²) in [5, 5.41) is 0. The third-order valence-corrected chi connectivity index (χ3v) is 3.61. The van der Waals surface area contributed by atoms with Crippen LogP contribution in [-0.4, -0.2) is 53.6 Å². The molecule has 0 saturated carbocycles. The number of hydrogen-bond acceptors (Lipinski definition) is 3. The SMILES string of the molecule is CC(C)N1CC(=O)N(C2COCC2(C)C)C1=O. The van der Waals surface area contributed by atoms with E-state index in [9.17, 15) is 9.59 Å². The Bertz CT molecular complexity index is 352. The maximum Gasteiger partial charge on any atom is 0.327 e. The van der Waals surface area contributed by atoms with E-state index in [4.69, 9.17) is 4.74 Å². The second-order valence-corrected chi connectivity index (χ2v) is 5.79. The van der Waals surface area contributed by atoms with Crippen molar-refractivity contribution in [1.29, 1.82) is 0 Å². The van der Waals surface area contributed by atoms with Crippen LogP contribution < -0.4 is 0 Å². The molecule has 17 heavy (non-hydrogen) atoms. The minimum atomic E-state index is -0.173. The van der Waals surface area contributed by atoms with Gasteiger partial charge in [0.1, 0.15) is 6.54 Å². The number of carbonyl (C=O) groups excluding carboxylic acids is 2. The number of urea groups is 1. The molecule has 1 unspecified atom stereocenters. The second kappa shape index (κ2) is 3.98. The van der Waals surface area contributed by atoms with Crippen LogP contribution in [0.2, 0.25) is 0 Å². The van der Waals surface area contributed by atoms with E-state index < -0.39 is 0 Å². The van der Waals surface area contributed by atoms with Gasteiger partial charge in [0, 0.05) is 11.5 Å². The Balaban J connectivity index is 2.22. The molecule has 0 bridgehead atoms. The van der Waals surface area contributed by atoms with Crippen LogP contribution in [0, 0.1) is 5.41 Å². The van der Waals surface area contributed by atoms with E-state index in [-0.39, 0.29) is 36.0 Å². The molecule has 0 N–H and O–H groups in total. The molecular formula is C12H20N2O3. The van der Waals surface area contributed by atoms with E-state index in [2.05, 4.69) is 0 Å². The summed E-state index contributed by atoms with van der Waals surface area (Å²) in [7, 11) is 0. The first-order valence-electron chi connectivity index (χ1n) is 6.05. The van der Waals surface area contributed by atoms with Crippen molar-refractivity contribution in [3.8, 4) is 0 Å². The normalized spacial score (nSPS) is 28.6. The summed E-state index contributed by atoms with van der Waals surface area (Å²) in [6.45, 7) is 9.15. The van der Waals surface area contributed by atoms with Gasteiger partial charge in [0.2, 0.25) is 0 Å². The van der Waals surface area contributed by atoms with Crippen molar-refractivity contribution in [3.05, 3.63) is 0 Å². The zero-order valence-electron chi connectivity index (χ0n) is 10.9. The van der Waals surface area contributed by atoms with Gasteiger partial charge in [0.05, 0.1) is 19.3 Å². The summed E-state index contributed by atoms with van der Waals surface area (Å²) in [6.07, 6.45) is 0. The molecule has 0 spiro atoms. The molecule has 1 atom stereocenters. The van der Waals surface area contributed by atoms with Crippen molar-refractivity contribution < 1.29 is 14.3 Å². The van der Waals surface area contributed by atoms with Crippen molar-refractivity contribution >= 4 is 11.9 Å². The van der Waals surface area contributed by atoms with Crippen LogP contribution >= 0.6 is 0 Å². The minimum Gasteiger partial charge on any atom is -0.379 e. The maximum atomic E-state index is 12.2. The minimum absolute atomic E-state index is 0.0573. The van der Waals surface area contributed by atoms with Crippen molar-refractivity contribution in [2.45, 2.75) is 39.8 Å². The van der Waals surface area contributed by atoms with Crippen LogP contribution in [0.25, 0.3) is 0 Å². The largest absolute Gasteiger partial charge is 0.379 e. The van der Waals surface area contributed by atoms with Gasteiger partial charge in [-0.1, -0.05) is 13.8 Å². The van der Waals surface area contributed by atoms with E-state index in [1.54, 1.807) is 4.90 Å². The number of rotatable bonds is 2. The lowest BCUT2D eigenvalue weighted by Crippen LogP contribution is -2.49. The number of imide groups is 1. The van der Waals surface area contributed by atoms with E-state index in [1.807, 2.05) is 27.7 Å². The highest BCUT2D eigenvalue weighted by atomic mass is 16.5. The summed E-state index contributed by atoms with van der Waals surface area (Å²) in [5.74, 6) is -0.104. The lowest BCUT2D eigenvalue weighted by molar-refractivity contribution is -0.128. The number of hydrogen-bond donors (Lipinski definition) is 0. The summed E-state index contributed by atoms with van der Waals surface area (Å²) >= 11 is 0. The standard InChI is InChI=1S/C12H20N2O3/c1-8(2)13-5-10(15)14(11(13)16)9-6-17-7-12(9,3)4/h8-9H,5-7H2,1-4H3. The fourth-order valence-corrected chi connectivity index (χ4v) is 2.42. The molecule has 5 nitrogen and oxygen atoms in total. The molecule has 0 aromatic heterocycles. The zero-order valence-corrected chi connectivity index (χ0v) is 10.9. The Labute approximate surface area is 102 Å². The fourth-order valence-electron chi connectivity index (χ4n) is 2.42. The zero-order chi connectivity index (χ0) is 12.8. The van der Waals surface area contributed by atoms with E-state index in [1.165, 1.54) is 4.90 Å². The highest BCUT2D eigenvalue weighted by Gasteiger charge is 2.49. The van der Waals surface area contributed by atoms with Gasteiger partial charge in [-0.05, 0) is 13.8 Å². The number of amides is 3. The maximum absolute atomic E-state index is 12.2. The molecule has 2 rings (SSSR count). The number of ether oxygens (including phenoxy) is 1. The van der Waals surface area contributed by atoms with Crippen LogP contribution in [0.4, 0.5) is 4.79 Å². The molecule has 96 valence electrons. The highest BCUT2D eigenvalue weighted by molar-refractivity contribution is 6.02. The fraction of sp³-hybridized carbons (Fsp3) is 0.833. The molecular weight excluding hydrogens is 220 g/mol. The molecule has 0 aromatic carbocycles. The Morgan fingerprint density at radius 3 is 2.41 bits per heavy atom. The third kappa shape index (κ3) is 1.92. The molecule has 2 aliphatic rings. The van der Waals surface area contributed by atoms with Gasteiger partial charge in [0.15, 0.2) is 0 Å². The van der Waals surface area contributed by atoms with Gasteiger partial charge < -0.3 is 9.64 Å². The van der Waals surface area contributed by atoms with E-state index in [0.717, 1.165) is 0 Å². The lowest BCUT2D eigenvalue weighted by atomic mass is 9.87. The quantitative estimate of drug-likeness (QED) is 0.679. The first-order valence-corrected chi connectivity index (χ1v) is 6.05. The number of carbonyl (C=O) groups is 2. The summed E-state index contributed by atoms with van der Waals surface area (Å²) in [5.41, 5.74) is -0.154. The van der Waals surface area contributed by atoms with Crippen LogP contribution in [-0.2, 0) is 9.53 Å². The molecule has 2 fully saturated rings. The van der Waals surface area contributed by atoms with Crippen LogP contribution in [0.15, 0.2) is 0 Å². The predicted octanol–water partition coefficient (Wildman–Crippen LogP) is 1.08. The van der Waals surface area contributed by atoms with Crippen LogP contribution in [0.3, 0.4) is 0 Å². The van der Waals surface area contributed by atoms with Crippen molar-refractivity contribution in [2.75, 3.05) is 19.8 Å². The summed E-state index contributed by atoms with van der Waals surface area (Å²) < 4.78 is 5.41. The highest BCUT2D eigenvalue weighted by Crippen LogP contribution is 2.34. The molecule has 5 heteroatoms. The van der Waals surface area contributed by atoms with E-state index >= 15 is 0 Å². The van der Waals surface area contributed by atoms with Gasteiger partial charge in [-0.25, -0.2) is 4.79 Å². The Hall–Kier alpha value is -1.10. The van der Waals surface area contributed by atoms with Gasteiger partial charge in [-0.15, -0.1) is 0 Å². The summed E-state index contributed by atoms with van der Waals surface area (Å²) in [6, 6.07) is -0.248. The van der Waals surface area contributed by atoms with Gasteiger partial charge in [-0.2, -0.15) is 0 Å². The number of nitrogens with zero attached hydrogens (tertiary/aromatic N) is 2. The average molecular weight is 240 g/mol. The Morgan fingerprint density at radius 1 is 1.35 bits per heavy atom. The molecule has 0 radical (unpaired) electrons. The van der Waals surface area contributed by atoms with Gasteiger partial charge in [0.25, 0.3) is 5.91 Å². The molecule has 2 aliphatic heterocycles. The van der Waals surface area contributed by atoms with Gasteiger partial charge >= 0.3 is 6.03 Å². The van der Waals surface area contributed by atoms with E-state index in [0.29, 0.717) is 13.2 Å². The summed E-state index contributed by atoms with van der Waals surface area (Å²) in [4.78, 5) is 27.2. The van der Waals surface area contributed by atoms with Crippen LogP contribution in [0.1, 0.15) is 27.7 Å². The van der Waals surface area contributed by atoms with Gasteiger partial charge in [-0.3, -0.25) is 9.69 Å². The third-order valence-electron chi connectivity index (χ3n) is 3.61. The van der Waals surface area contributed by atoms with Crippen molar-refractivity contribution in [2.24, 2.45) is 5.41 Å². The van der Waals surface area contributed by atoms with Crippen molar-refractivity contribution in [1.82, 2.24) is 9.80 Å². The molecule has 3 amide bonds. The molecule has 0 aromatic rings.